The fourth-order valence-corrected chi connectivity index (χ4v) is 3.27. The first-order valence-electron chi connectivity index (χ1n) is 8.09. The molecule has 10 heteroatoms. The fourth-order valence-electron chi connectivity index (χ4n) is 2.24. The van der Waals surface area contributed by atoms with Gasteiger partial charge >= 0.3 is 0 Å². The topological polar surface area (TPSA) is 87.1 Å². The monoisotopic (exact) mass is 434 g/mol. The van der Waals surface area contributed by atoms with Crippen LogP contribution in [0.1, 0.15) is 11.7 Å². The molecule has 0 saturated heterocycles. The van der Waals surface area contributed by atoms with Gasteiger partial charge in [0.2, 0.25) is 0 Å². The lowest BCUT2D eigenvalue weighted by Crippen LogP contribution is -1.95. The number of rotatable bonds is 7. The van der Waals surface area contributed by atoms with Crippen molar-refractivity contribution in [3.63, 3.8) is 0 Å². The molecule has 0 fully saturated rings. The van der Waals surface area contributed by atoms with E-state index in [0.717, 1.165) is 0 Å². The Morgan fingerprint density at radius 2 is 1.75 bits per heavy atom. The molecule has 0 spiro atoms. The number of aromatic nitrogens is 4. The van der Waals surface area contributed by atoms with Crippen molar-refractivity contribution in [3.05, 3.63) is 70.3 Å². The molecule has 0 N–H and O–H groups in total. The Morgan fingerprint density at radius 1 is 0.964 bits per heavy atom. The number of benzene rings is 2. The van der Waals surface area contributed by atoms with Gasteiger partial charge in [-0.2, -0.15) is 4.98 Å². The summed E-state index contributed by atoms with van der Waals surface area (Å²) in [7, 11) is 0. The Labute approximate surface area is 174 Å². The molecule has 0 amide bonds. The molecule has 0 atom stereocenters. The van der Waals surface area contributed by atoms with Gasteiger partial charge in [-0.25, -0.2) is 0 Å². The van der Waals surface area contributed by atoms with Crippen LogP contribution in [0.4, 0.5) is 0 Å². The molecule has 0 unspecified atom stereocenters. The van der Waals surface area contributed by atoms with E-state index in [2.05, 4.69) is 20.3 Å². The van der Waals surface area contributed by atoms with Crippen molar-refractivity contribution >= 4 is 35.0 Å². The smallest absolute Gasteiger partial charge is 0.277 e. The van der Waals surface area contributed by atoms with Crippen LogP contribution in [0.15, 0.2) is 62.7 Å². The SMILES string of the molecule is Clc1ccccc1OCc1nnc(SCc2noc(-c3ccccc3Cl)n2)o1. The van der Waals surface area contributed by atoms with Crippen LogP contribution in [0, 0.1) is 0 Å². The molecule has 4 rings (SSSR count). The predicted molar refractivity (Wildman–Crippen MR) is 104 cm³/mol. The third kappa shape index (κ3) is 4.46. The molecule has 28 heavy (non-hydrogen) atoms. The third-order valence-corrected chi connectivity index (χ3v) is 4.99. The van der Waals surface area contributed by atoms with Crippen LogP contribution < -0.4 is 4.74 Å². The number of hydrogen-bond donors (Lipinski definition) is 0. The highest BCUT2D eigenvalue weighted by Gasteiger charge is 2.14. The van der Waals surface area contributed by atoms with Gasteiger partial charge in [0.1, 0.15) is 5.75 Å². The maximum Gasteiger partial charge on any atom is 0.277 e. The summed E-state index contributed by atoms with van der Waals surface area (Å²) in [6.45, 7) is 0.121. The zero-order valence-electron chi connectivity index (χ0n) is 14.2. The summed E-state index contributed by atoms with van der Waals surface area (Å²) < 4.78 is 16.4. The van der Waals surface area contributed by atoms with Crippen LogP contribution >= 0.6 is 35.0 Å². The fraction of sp³-hybridized carbons (Fsp3) is 0.111. The molecule has 2 aromatic heterocycles. The van der Waals surface area contributed by atoms with E-state index in [4.69, 9.17) is 36.9 Å². The van der Waals surface area contributed by atoms with Crippen LogP contribution in [-0.4, -0.2) is 20.3 Å². The normalized spacial score (nSPS) is 10.9. The zero-order chi connectivity index (χ0) is 19.3. The second-order valence-corrected chi connectivity index (χ2v) is 7.21. The van der Waals surface area contributed by atoms with Gasteiger partial charge in [-0.1, -0.05) is 64.4 Å². The van der Waals surface area contributed by atoms with Crippen LogP contribution in [0.5, 0.6) is 5.75 Å². The van der Waals surface area contributed by atoms with E-state index < -0.39 is 0 Å². The first-order chi connectivity index (χ1) is 13.7. The lowest BCUT2D eigenvalue weighted by molar-refractivity contribution is 0.252. The highest BCUT2D eigenvalue weighted by molar-refractivity contribution is 7.98. The van der Waals surface area contributed by atoms with E-state index in [1.165, 1.54) is 11.8 Å². The maximum absolute atomic E-state index is 6.14. The van der Waals surface area contributed by atoms with E-state index in [-0.39, 0.29) is 6.61 Å². The summed E-state index contributed by atoms with van der Waals surface area (Å²) in [5.74, 6) is 2.15. The zero-order valence-corrected chi connectivity index (χ0v) is 16.5. The molecule has 4 aromatic rings. The van der Waals surface area contributed by atoms with E-state index in [0.29, 0.717) is 49.9 Å². The van der Waals surface area contributed by atoms with Crippen LogP contribution in [-0.2, 0) is 12.4 Å². The summed E-state index contributed by atoms with van der Waals surface area (Å²) in [5.41, 5.74) is 0.685. The van der Waals surface area contributed by atoms with Gasteiger partial charge in [0.05, 0.1) is 21.4 Å². The van der Waals surface area contributed by atoms with E-state index in [9.17, 15) is 0 Å². The first kappa shape index (κ1) is 18.8. The molecule has 0 bridgehead atoms. The van der Waals surface area contributed by atoms with Crippen molar-refractivity contribution in [2.24, 2.45) is 0 Å². The first-order valence-corrected chi connectivity index (χ1v) is 9.83. The molecule has 2 heterocycles. The molecule has 2 aromatic carbocycles. The minimum absolute atomic E-state index is 0.121. The number of nitrogens with zero attached hydrogens (tertiary/aromatic N) is 4. The van der Waals surface area contributed by atoms with Crippen molar-refractivity contribution in [1.82, 2.24) is 20.3 Å². The van der Waals surface area contributed by atoms with E-state index in [1.54, 1.807) is 18.2 Å². The Balaban J connectivity index is 1.34. The molecule has 7 nitrogen and oxygen atoms in total. The Bertz CT molecular complexity index is 1090. The highest BCUT2D eigenvalue weighted by Crippen LogP contribution is 2.28. The second kappa shape index (κ2) is 8.64. The van der Waals surface area contributed by atoms with Gasteiger partial charge in [-0.3, -0.25) is 0 Å². The van der Waals surface area contributed by atoms with Gasteiger partial charge in [0.25, 0.3) is 17.0 Å². The summed E-state index contributed by atoms with van der Waals surface area (Å²) in [5, 5.41) is 13.3. The highest BCUT2D eigenvalue weighted by atomic mass is 35.5. The number of ether oxygens (including phenoxy) is 1. The molecular formula is C18H12Cl2N4O3S. The van der Waals surface area contributed by atoms with Gasteiger partial charge in [0.15, 0.2) is 12.4 Å². The molecule has 0 saturated carbocycles. The lowest BCUT2D eigenvalue weighted by atomic mass is 10.2. The summed E-state index contributed by atoms with van der Waals surface area (Å²) in [6.07, 6.45) is 0. The van der Waals surface area contributed by atoms with Crippen molar-refractivity contribution in [2.75, 3.05) is 0 Å². The number of thioether (sulfide) groups is 1. The molecule has 0 radical (unpaired) electrons. The summed E-state index contributed by atoms with van der Waals surface area (Å²) >= 11 is 13.5. The van der Waals surface area contributed by atoms with Crippen molar-refractivity contribution in [2.45, 2.75) is 17.6 Å². The standard InChI is InChI=1S/C18H12Cl2N4O3S/c19-12-6-2-1-5-11(12)17-21-15(24-27-17)10-28-18-23-22-16(26-18)9-25-14-8-4-3-7-13(14)20/h1-8H,9-10H2. The minimum Gasteiger partial charge on any atom is -0.482 e. The quantitative estimate of drug-likeness (QED) is 0.362. The van der Waals surface area contributed by atoms with Crippen LogP contribution in [0.2, 0.25) is 10.0 Å². The second-order valence-electron chi connectivity index (χ2n) is 5.47. The van der Waals surface area contributed by atoms with Crippen LogP contribution in [0.25, 0.3) is 11.5 Å². The number of halogens is 2. The number of para-hydroxylation sites is 1. The maximum atomic E-state index is 6.14. The van der Waals surface area contributed by atoms with Gasteiger partial charge in [0, 0.05) is 0 Å². The van der Waals surface area contributed by atoms with Gasteiger partial charge in [-0.15, -0.1) is 10.2 Å². The van der Waals surface area contributed by atoms with Crippen LogP contribution in [0.3, 0.4) is 0 Å². The molecule has 142 valence electrons. The van der Waals surface area contributed by atoms with Gasteiger partial charge in [-0.05, 0) is 24.3 Å². The lowest BCUT2D eigenvalue weighted by Gasteiger charge is -2.04. The molecule has 0 aliphatic rings. The van der Waals surface area contributed by atoms with Crippen molar-refractivity contribution < 1.29 is 13.7 Å². The van der Waals surface area contributed by atoms with Crippen molar-refractivity contribution in [3.8, 4) is 17.2 Å². The summed E-state index contributed by atoms with van der Waals surface area (Å²) in [6, 6.07) is 14.4. The Morgan fingerprint density at radius 3 is 2.57 bits per heavy atom. The Hall–Kier alpha value is -2.55. The average molecular weight is 435 g/mol. The van der Waals surface area contributed by atoms with Gasteiger partial charge < -0.3 is 13.7 Å². The average Bonchev–Trinajstić information content (AvgIpc) is 3.35. The minimum atomic E-state index is 0.121. The summed E-state index contributed by atoms with van der Waals surface area (Å²) in [4.78, 5) is 4.34. The van der Waals surface area contributed by atoms with E-state index in [1.807, 2.05) is 30.3 Å². The molecular weight excluding hydrogens is 423 g/mol. The predicted octanol–water partition coefficient (Wildman–Crippen LogP) is 5.30. The molecule has 0 aliphatic heterocycles. The van der Waals surface area contributed by atoms with E-state index >= 15 is 0 Å². The Kier molecular flexibility index (Phi) is 5.80. The largest absolute Gasteiger partial charge is 0.482 e. The van der Waals surface area contributed by atoms with Crippen molar-refractivity contribution in [1.29, 1.82) is 0 Å². The number of hydrogen-bond acceptors (Lipinski definition) is 8. The third-order valence-electron chi connectivity index (χ3n) is 3.53. The molecule has 0 aliphatic carbocycles.